The Hall–Kier alpha value is -1.95. The van der Waals surface area contributed by atoms with Gasteiger partial charge in [-0.05, 0) is 23.6 Å². The standard InChI is InChI=1S/C15H21NO5/c1-9(2)13(15(17)18)16-8-10-6-11(19-3)14-12(7-10)20-4-5-21-14/h6-7,9,13,16H,4-5,8H2,1-3H3,(H,17,18)/t13-/m0/s1. The second kappa shape index (κ2) is 6.67. The summed E-state index contributed by atoms with van der Waals surface area (Å²) in [7, 11) is 1.57. The number of hydrogen-bond donors (Lipinski definition) is 2. The maximum Gasteiger partial charge on any atom is 0.320 e. The van der Waals surface area contributed by atoms with E-state index in [1.807, 2.05) is 26.0 Å². The smallest absolute Gasteiger partial charge is 0.320 e. The van der Waals surface area contributed by atoms with Crippen molar-refractivity contribution in [2.75, 3.05) is 20.3 Å². The van der Waals surface area contributed by atoms with Gasteiger partial charge in [-0.15, -0.1) is 0 Å². The van der Waals surface area contributed by atoms with Gasteiger partial charge in [0.15, 0.2) is 11.5 Å². The number of hydrogen-bond acceptors (Lipinski definition) is 5. The van der Waals surface area contributed by atoms with Gasteiger partial charge in [-0.25, -0.2) is 0 Å². The van der Waals surface area contributed by atoms with E-state index in [1.54, 1.807) is 7.11 Å². The molecular formula is C15H21NO5. The molecule has 0 unspecified atom stereocenters. The number of carboxylic acid groups (broad SMARTS) is 1. The van der Waals surface area contributed by atoms with E-state index in [-0.39, 0.29) is 5.92 Å². The molecule has 0 saturated carbocycles. The lowest BCUT2D eigenvalue weighted by molar-refractivity contribution is -0.140. The SMILES string of the molecule is COc1cc(CN[C@H](C(=O)O)C(C)C)cc2c1OCCO2. The second-order valence-electron chi connectivity index (χ2n) is 5.26. The summed E-state index contributed by atoms with van der Waals surface area (Å²) in [5, 5.41) is 12.2. The number of benzene rings is 1. The maximum absolute atomic E-state index is 11.2. The van der Waals surface area contributed by atoms with Crippen molar-refractivity contribution < 1.29 is 24.1 Å². The first kappa shape index (κ1) is 15.4. The fourth-order valence-corrected chi connectivity index (χ4v) is 2.27. The summed E-state index contributed by atoms with van der Waals surface area (Å²) in [6.45, 7) is 5.15. The molecule has 116 valence electrons. The highest BCUT2D eigenvalue weighted by molar-refractivity contribution is 5.73. The molecule has 2 rings (SSSR count). The molecule has 0 radical (unpaired) electrons. The van der Waals surface area contributed by atoms with Crippen LogP contribution in [0.2, 0.25) is 0 Å². The second-order valence-corrected chi connectivity index (χ2v) is 5.26. The fourth-order valence-electron chi connectivity index (χ4n) is 2.27. The van der Waals surface area contributed by atoms with Crippen molar-refractivity contribution in [2.24, 2.45) is 5.92 Å². The molecule has 0 aliphatic carbocycles. The summed E-state index contributed by atoms with van der Waals surface area (Å²) < 4.78 is 16.4. The topological polar surface area (TPSA) is 77.0 Å². The lowest BCUT2D eigenvalue weighted by Crippen LogP contribution is -2.40. The number of ether oxygens (including phenoxy) is 3. The van der Waals surface area contributed by atoms with Gasteiger partial charge in [0.25, 0.3) is 0 Å². The Balaban J connectivity index is 2.15. The first-order valence-electron chi connectivity index (χ1n) is 6.95. The number of nitrogens with one attached hydrogen (secondary N) is 1. The van der Waals surface area contributed by atoms with Crippen LogP contribution in [-0.2, 0) is 11.3 Å². The van der Waals surface area contributed by atoms with E-state index < -0.39 is 12.0 Å². The molecular weight excluding hydrogens is 274 g/mol. The molecule has 6 heteroatoms. The summed E-state index contributed by atoms with van der Waals surface area (Å²) in [6, 6.07) is 3.09. The minimum Gasteiger partial charge on any atom is -0.493 e. The van der Waals surface area contributed by atoms with Crippen LogP contribution in [0.25, 0.3) is 0 Å². The third-order valence-corrected chi connectivity index (χ3v) is 3.35. The van der Waals surface area contributed by atoms with Gasteiger partial charge >= 0.3 is 5.97 Å². The first-order chi connectivity index (χ1) is 10.0. The zero-order chi connectivity index (χ0) is 15.4. The van der Waals surface area contributed by atoms with Crippen molar-refractivity contribution in [2.45, 2.75) is 26.4 Å². The molecule has 0 spiro atoms. The lowest BCUT2D eigenvalue weighted by atomic mass is 10.0. The summed E-state index contributed by atoms with van der Waals surface area (Å²) in [4.78, 5) is 11.2. The number of carbonyl (C=O) groups is 1. The van der Waals surface area contributed by atoms with Crippen LogP contribution < -0.4 is 19.5 Å². The zero-order valence-corrected chi connectivity index (χ0v) is 12.5. The van der Waals surface area contributed by atoms with E-state index in [0.29, 0.717) is 37.0 Å². The van der Waals surface area contributed by atoms with Crippen molar-refractivity contribution in [1.82, 2.24) is 5.32 Å². The maximum atomic E-state index is 11.2. The molecule has 1 aliphatic rings. The van der Waals surface area contributed by atoms with E-state index in [1.165, 1.54) is 0 Å². The fraction of sp³-hybridized carbons (Fsp3) is 0.533. The predicted octanol–water partition coefficient (Wildman–Crippen LogP) is 1.67. The van der Waals surface area contributed by atoms with Crippen LogP contribution >= 0.6 is 0 Å². The quantitative estimate of drug-likeness (QED) is 0.831. The molecule has 0 fully saturated rings. The molecule has 2 N–H and O–H groups in total. The zero-order valence-electron chi connectivity index (χ0n) is 12.5. The summed E-state index contributed by atoms with van der Waals surface area (Å²) >= 11 is 0. The van der Waals surface area contributed by atoms with E-state index in [4.69, 9.17) is 14.2 Å². The number of carboxylic acids is 1. The third-order valence-electron chi connectivity index (χ3n) is 3.35. The third kappa shape index (κ3) is 3.58. The number of rotatable bonds is 6. The Morgan fingerprint density at radius 1 is 1.38 bits per heavy atom. The van der Waals surface area contributed by atoms with Gasteiger partial charge in [0.1, 0.15) is 19.3 Å². The molecule has 1 aromatic rings. The average Bonchev–Trinajstić information content (AvgIpc) is 2.45. The van der Waals surface area contributed by atoms with Crippen molar-refractivity contribution in [3.8, 4) is 17.2 Å². The normalized spacial score (nSPS) is 14.9. The van der Waals surface area contributed by atoms with Gasteiger partial charge in [-0.1, -0.05) is 13.8 Å². The van der Waals surface area contributed by atoms with E-state index >= 15 is 0 Å². The molecule has 0 bridgehead atoms. The van der Waals surface area contributed by atoms with Crippen LogP contribution in [0.1, 0.15) is 19.4 Å². The molecule has 1 atom stereocenters. The molecule has 0 aromatic heterocycles. The largest absolute Gasteiger partial charge is 0.493 e. The Morgan fingerprint density at radius 2 is 2.10 bits per heavy atom. The van der Waals surface area contributed by atoms with Crippen molar-refractivity contribution >= 4 is 5.97 Å². The number of aliphatic carboxylic acids is 1. The predicted molar refractivity (Wildman–Crippen MR) is 77.1 cm³/mol. The average molecular weight is 295 g/mol. The van der Waals surface area contributed by atoms with Crippen molar-refractivity contribution in [3.05, 3.63) is 17.7 Å². The van der Waals surface area contributed by atoms with Crippen LogP contribution in [0.4, 0.5) is 0 Å². The molecule has 6 nitrogen and oxygen atoms in total. The van der Waals surface area contributed by atoms with Gasteiger partial charge in [-0.3, -0.25) is 4.79 Å². The van der Waals surface area contributed by atoms with E-state index in [0.717, 1.165) is 5.56 Å². The van der Waals surface area contributed by atoms with Gasteiger partial charge in [0.05, 0.1) is 7.11 Å². The summed E-state index contributed by atoms with van der Waals surface area (Å²) in [5.74, 6) is 0.983. The van der Waals surface area contributed by atoms with Gasteiger partial charge in [0.2, 0.25) is 5.75 Å². The van der Waals surface area contributed by atoms with Crippen LogP contribution in [0, 0.1) is 5.92 Å². The number of fused-ring (bicyclic) bond motifs is 1. The monoisotopic (exact) mass is 295 g/mol. The Kier molecular flexibility index (Phi) is 4.90. The van der Waals surface area contributed by atoms with Crippen LogP contribution in [-0.4, -0.2) is 37.4 Å². The first-order valence-corrected chi connectivity index (χ1v) is 6.95. The minimum absolute atomic E-state index is 0.00149. The van der Waals surface area contributed by atoms with Crippen LogP contribution in [0.5, 0.6) is 17.2 Å². The molecule has 1 aromatic carbocycles. The number of methoxy groups -OCH3 is 1. The van der Waals surface area contributed by atoms with Crippen molar-refractivity contribution in [3.63, 3.8) is 0 Å². The molecule has 0 amide bonds. The molecule has 21 heavy (non-hydrogen) atoms. The van der Waals surface area contributed by atoms with Crippen LogP contribution in [0.3, 0.4) is 0 Å². The van der Waals surface area contributed by atoms with Crippen molar-refractivity contribution in [1.29, 1.82) is 0 Å². The van der Waals surface area contributed by atoms with Gasteiger partial charge in [0, 0.05) is 6.54 Å². The van der Waals surface area contributed by atoms with Crippen LogP contribution in [0.15, 0.2) is 12.1 Å². The highest BCUT2D eigenvalue weighted by Crippen LogP contribution is 2.40. The highest BCUT2D eigenvalue weighted by atomic mass is 16.6. The Morgan fingerprint density at radius 3 is 2.71 bits per heavy atom. The Bertz CT molecular complexity index is 498. The summed E-state index contributed by atoms with van der Waals surface area (Å²) in [6.07, 6.45) is 0. The highest BCUT2D eigenvalue weighted by Gasteiger charge is 2.22. The minimum atomic E-state index is -0.852. The Labute approximate surface area is 124 Å². The molecule has 1 aliphatic heterocycles. The van der Waals surface area contributed by atoms with Gasteiger partial charge < -0.3 is 24.6 Å². The molecule has 0 saturated heterocycles. The van der Waals surface area contributed by atoms with Gasteiger partial charge in [-0.2, -0.15) is 0 Å². The lowest BCUT2D eigenvalue weighted by Gasteiger charge is -2.22. The molecule has 1 heterocycles. The van der Waals surface area contributed by atoms with E-state index in [2.05, 4.69) is 5.32 Å². The summed E-state index contributed by atoms with van der Waals surface area (Å²) in [5.41, 5.74) is 0.892. The van der Waals surface area contributed by atoms with E-state index in [9.17, 15) is 9.90 Å².